The second-order valence-corrected chi connectivity index (χ2v) is 9.82. The molecule has 0 aromatic heterocycles. The Morgan fingerprint density at radius 2 is 1.70 bits per heavy atom. The number of hydrogen-bond donors (Lipinski definition) is 0. The summed E-state index contributed by atoms with van der Waals surface area (Å²) in [5.74, 6) is -0.650. The minimum Gasteiger partial charge on any atom is -0.451 e. The zero-order valence-electron chi connectivity index (χ0n) is 18.3. The van der Waals surface area contributed by atoms with E-state index in [9.17, 15) is 19.2 Å². The van der Waals surface area contributed by atoms with Crippen molar-refractivity contribution >= 4 is 29.3 Å². The van der Waals surface area contributed by atoms with Gasteiger partial charge in [0.05, 0.1) is 23.1 Å². The van der Waals surface area contributed by atoms with E-state index in [4.69, 9.17) is 4.74 Å². The van der Waals surface area contributed by atoms with Crippen molar-refractivity contribution in [1.29, 1.82) is 0 Å². The molecular weight excluding hydrogens is 418 g/mol. The molecule has 0 radical (unpaired) electrons. The number of nitrogens with zero attached hydrogens (tertiary/aromatic N) is 1. The summed E-state index contributed by atoms with van der Waals surface area (Å²) in [6.07, 6.45) is 12.5. The monoisotopic (exact) mass is 443 g/mol. The van der Waals surface area contributed by atoms with Gasteiger partial charge in [-0.25, -0.2) is 9.69 Å². The molecule has 2 saturated carbocycles. The molecule has 6 heteroatoms. The van der Waals surface area contributed by atoms with E-state index < -0.39 is 12.1 Å². The molecule has 168 valence electrons. The van der Waals surface area contributed by atoms with Crippen molar-refractivity contribution in [1.82, 2.24) is 0 Å². The van der Waals surface area contributed by atoms with Gasteiger partial charge in [-0.2, -0.15) is 0 Å². The highest BCUT2D eigenvalue weighted by atomic mass is 16.5. The van der Waals surface area contributed by atoms with Gasteiger partial charge in [0.15, 0.2) is 11.9 Å². The number of esters is 1. The summed E-state index contributed by atoms with van der Waals surface area (Å²) in [4.78, 5) is 53.3. The fourth-order valence-corrected chi connectivity index (χ4v) is 6.36. The smallest absolute Gasteiger partial charge is 0.338 e. The number of carbonyl (C=O) groups excluding carboxylic acids is 4. The quantitative estimate of drug-likeness (QED) is 0.395. The van der Waals surface area contributed by atoms with E-state index in [1.165, 1.54) is 11.0 Å². The molecule has 2 amide bonds. The first kappa shape index (κ1) is 20.3. The van der Waals surface area contributed by atoms with Gasteiger partial charge in [-0.3, -0.25) is 14.4 Å². The molecule has 5 aliphatic carbocycles. The van der Waals surface area contributed by atoms with Crippen molar-refractivity contribution < 1.29 is 23.9 Å². The van der Waals surface area contributed by atoms with E-state index in [1.807, 2.05) is 24.3 Å². The van der Waals surface area contributed by atoms with Crippen molar-refractivity contribution in [2.45, 2.75) is 25.9 Å². The van der Waals surface area contributed by atoms with Gasteiger partial charge in [0.1, 0.15) is 0 Å². The van der Waals surface area contributed by atoms with Gasteiger partial charge < -0.3 is 4.74 Å². The molecule has 1 heterocycles. The van der Waals surface area contributed by atoms with Crippen LogP contribution < -0.4 is 4.90 Å². The largest absolute Gasteiger partial charge is 0.451 e. The number of Topliss-reactive ketones (excluding diaryl/α,β-unsaturated/α-hetero) is 1. The Balaban J connectivity index is 1.20. The molecule has 1 aromatic carbocycles. The van der Waals surface area contributed by atoms with Gasteiger partial charge in [0, 0.05) is 5.92 Å². The van der Waals surface area contributed by atoms with Crippen LogP contribution in [0.1, 0.15) is 30.1 Å². The average Bonchev–Trinajstić information content (AvgIpc) is 3.62. The normalized spacial score (nSPS) is 35.9. The van der Waals surface area contributed by atoms with Crippen LogP contribution in [0.2, 0.25) is 0 Å². The molecule has 33 heavy (non-hydrogen) atoms. The molecule has 0 N–H and O–H groups in total. The third kappa shape index (κ3) is 3.07. The van der Waals surface area contributed by atoms with E-state index in [0.717, 1.165) is 6.42 Å². The summed E-state index contributed by atoms with van der Waals surface area (Å²) in [5, 5.41) is 0. The zero-order valence-corrected chi connectivity index (χ0v) is 18.3. The topological polar surface area (TPSA) is 80.8 Å². The number of ether oxygens (including phenoxy) is 1. The number of amides is 2. The fraction of sp³-hybridized carbons (Fsp3) is 0.407. The first-order valence-electron chi connectivity index (χ1n) is 11.7. The lowest BCUT2D eigenvalue weighted by Crippen LogP contribution is -2.40. The van der Waals surface area contributed by atoms with Gasteiger partial charge in [0.25, 0.3) is 0 Å². The molecule has 1 saturated heterocycles. The van der Waals surface area contributed by atoms with Crippen molar-refractivity contribution in [3.63, 3.8) is 0 Å². The Bertz CT molecular complexity index is 1130. The number of ketones is 1. The number of imide groups is 1. The Hall–Kier alpha value is -3.28. The van der Waals surface area contributed by atoms with Crippen LogP contribution in [0.3, 0.4) is 0 Å². The van der Waals surface area contributed by atoms with E-state index in [-0.39, 0.29) is 52.8 Å². The predicted octanol–water partition coefficient (Wildman–Crippen LogP) is 3.49. The molecule has 6 nitrogen and oxygen atoms in total. The predicted molar refractivity (Wildman–Crippen MR) is 120 cm³/mol. The number of benzene rings is 1. The highest BCUT2D eigenvalue weighted by molar-refractivity contribution is 6.23. The lowest BCUT2D eigenvalue weighted by molar-refractivity contribution is -0.129. The Morgan fingerprint density at radius 3 is 2.33 bits per heavy atom. The lowest BCUT2D eigenvalue weighted by Gasteiger charge is -2.37. The third-order valence-corrected chi connectivity index (χ3v) is 8.03. The SMILES string of the molecule is CC(OC(=O)c1cccc(N2C(=O)C3C4C=CC(C5CC45)C3C2=O)c1)C(=O)C1C=CC=CC1. The van der Waals surface area contributed by atoms with Crippen molar-refractivity contribution in [3.8, 4) is 0 Å². The number of hydrogen-bond acceptors (Lipinski definition) is 5. The first-order valence-corrected chi connectivity index (χ1v) is 11.7. The lowest BCUT2D eigenvalue weighted by atomic mass is 9.63. The third-order valence-electron chi connectivity index (χ3n) is 8.03. The van der Waals surface area contributed by atoms with Crippen molar-refractivity contribution in [2.24, 2.45) is 41.4 Å². The van der Waals surface area contributed by atoms with Gasteiger partial charge in [-0.05, 0) is 61.6 Å². The minimum atomic E-state index is -0.895. The minimum absolute atomic E-state index is 0.148. The molecule has 0 spiro atoms. The summed E-state index contributed by atoms with van der Waals surface area (Å²) >= 11 is 0. The van der Waals surface area contributed by atoms with Crippen molar-refractivity contribution in [2.75, 3.05) is 4.90 Å². The second kappa shape index (κ2) is 7.37. The molecule has 8 atom stereocenters. The van der Waals surface area contributed by atoms with Crippen LogP contribution in [0.15, 0.2) is 60.7 Å². The number of rotatable bonds is 5. The van der Waals surface area contributed by atoms with E-state index >= 15 is 0 Å². The summed E-state index contributed by atoms with van der Waals surface area (Å²) in [6.45, 7) is 1.57. The van der Waals surface area contributed by atoms with Gasteiger partial charge >= 0.3 is 5.97 Å². The average molecular weight is 443 g/mol. The summed E-state index contributed by atoms with van der Waals surface area (Å²) < 4.78 is 5.44. The van der Waals surface area contributed by atoms with Crippen LogP contribution in [0, 0.1) is 41.4 Å². The maximum absolute atomic E-state index is 13.3. The molecule has 8 unspecified atom stereocenters. The number of allylic oxidation sites excluding steroid dienone is 6. The number of carbonyl (C=O) groups is 4. The molecule has 2 bridgehead atoms. The van der Waals surface area contributed by atoms with Crippen LogP contribution in [0.25, 0.3) is 0 Å². The van der Waals surface area contributed by atoms with Gasteiger partial charge in [0.2, 0.25) is 11.8 Å². The Labute approximate surface area is 192 Å². The summed E-state index contributed by atoms with van der Waals surface area (Å²) in [6, 6.07) is 6.41. The van der Waals surface area contributed by atoms with Crippen LogP contribution in [0.5, 0.6) is 0 Å². The first-order chi connectivity index (χ1) is 16.0. The molecular formula is C27H25NO5. The maximum Gasteiger partial charge on any atom is 0.338 e. The van der Waals surface area contributed by atoms with Crippen LogP contribution in [-0.4, -0.2) is 29.7 Å². The summed E-state index contributed by atoms with van der Waals surface area (Å²) in [7, 11) is 0. The van der Waals surface area contributed by atoms with E-state index in [1.54, 1.807) is 25.1 Å². The van der Waals surface area contributed by atoms with Gasteiger partial charge in [-0.1, -0.05) is 42.5 Å². The molecule has 7 rings (SSSR count). The van der Waals surface area contributed by atoms with Crippen LogP contribution >= 0.6 is 0 Å². The van der Waals surface area contributed by atoms with Crippen molar-refractivity contribution in [3.05, 3.63) is 66.3 Å². The number of anilines is 1. The van der Waals surface area contributed by atoms with Gasteiger partial charge in [-0.15, -0.1) is 0 Å². The van der Waals surface area contributed by atoms with Crippen LogP contribution in [-0.2, 0) is 19.1 Å². The standard InChI is InChI=1S/C27H25NO5/c1-14(24(29)15-6-3-2-4-7-15)33-27(32)16-8-5-9-17(12-16)28-25(30)22-18-10-11-19(21-13-20(18)21)23(22)26(28)31/h2-6,8-12,14-15,18-23H,7,13H2,1H3. The summed E-state index contributed by atoms with van der Waals surface area (Å²) in [5.41, 5.74) is 0.604. The molecule has 3 fully saturated rings. The molecule has 1 aliphatic heterocycles. The second-order valence-electron chi connectivity index (χ2n) is 9.82. The molecule has 1 aromatic rings. The highest BCUT2D eigenvalue weighted by Gasteiger charge is 2.67. The zero-order chi connectivity index (χ0) is 22.9. The van der Waals surface area contributed by atoms with E-state index in [0.29, 0.717) is 23.9 Å². The highest BCUT2D eigenvalue weighted by Crippen LogP contribution is 2.65. The Morgan fingerprint density at radius 1 is 1.00 bits per heavy atom. The fourth-order valence-electron chi connectivity index (χ4n) is 6.36. The molecule has 6 aliphatic rings. The van der Waals surface area contributed by atoms with Crippen LogP contribution in [0.4, 0.5) is 5.69 Å². The Kier molecular flexibility index (Phi) is 4.54. The maximum atomic E-state index is 13.3. The van der Waals surface area contributed by atoms with E-state index in [2.05, 4.69) is 12.2 Å².